The molecule has 0 amide bonds. The van der Waals surface area contributed by atoms with Gasteiger partial charge in [-0.25, -0.2) is 4.79 Å². The number of carbonyl (C=O) groups is 1. The normalized spacial score (nSPS) is 11.6. The predicted molar refractivity (Wildman–Crippen MR) is 72.6 cm³/mol. The molecule has 2 aromatic rings. The Morgan fingerprint density at radius 2 is 2.00 bits per heavy atom. The molecule has 96 valence electrons. The molecule has 0 aliphatic rings. The van der Waals surface area contributed by atoms with Crippen molar-refractivity contribution in [3.63, 3.8) is 0 Å². The van der Waals surface area contributed by atoms with Gasteiger partial charge in [0.1, 0.15) is 5.54 Å². The Labute approximate surface area is 107 Å². The second-order valence-corrected chi connectivity index (χ2v) is 4.91. The summed E-state index contributed by atoms with van der Waals surface area (Å²) in [5.41, 5.74) is 1.31. The van der Waals surface area contributed by atoms with Crippen LogP contribution in [0.3, 0.4) is 0 Å². The number of anilines is 1. The minimum absolute atomic E-state index is 0.282. The lowest BCUT2D eigenvalue weighted by molar-refractivity contribution is -0.144. The van der Waals surface area contributed by atoms with E-state index in [2.05, 4.69) is 5.32 Å². The molecular formula is C14H18N2O2. The maximum Gasteiger partial charge on any atom is 0.330 e. The van der Waals surface area contributed by atoms with Crippen LogP contribution in [0.15, 0.2) is 30.5 Å². The number of rotatable bonds is 3. The van der Waals surface area contributed by atoms with Crippen molar-refractivity contribution in [2.24, 2.45) is 7.05 Å². The molecule has 18 heavy (non-hydrogen) atoms. The number of fused-ring (bicyclic) bond motifs is 1. The average molecular weight is 246 g/mol. The number of methoxy groups -OCH3 is 1. The first-order chi connectivity index (χ1) is 8.45. The van der Waals surface area contributed by atoms with E-state index >= 15 is 0 Å². The van der Waals surface area contributed by atoms with Crippen molar-refractivity contribution in [3.05, 3.63) is 30.5 Å². The highest BCUT2D eigenvalue weighted by molar-refractivity contribution is 5.95. The van der Waals surface area contributed by atoms with Gasteiger partial charge in [-0.1, -0.05) is 18.2 Å². The zero-order valence-electron chi connectivity index (χ0n) is 11.2. The maximum absolute atomic E-state index is 11.7. The smallest absolute Gasteiger partial charge is 0.330 e. The third-order valence-electron chi connectivity index (χ3n) is 3.04. The van der Waals surface area contributed by atoms with Crippen molar-refractivity contribution in [3.8, 4) is 0 Å². The number of nitrogens with one attached hydrogen (secondary N) is 1. The Bertz CT molecular complexity index is 584. The molecule has 4 heteroatoms. The second-order valence-electron chi connectivity index (χ2n) is 4.91. The van der Waals surface area contributed by atoms with Crippen LogP contribution in [0.2, 0.25) is 0 Å². The molecule has 0 fully saturated rings. The lowest BCUT2D eigenvalue weighted by atomic mass is 10.1. The van der Waals surface area contributed by atoms with Gasteiger partial charge >= 0.3 is 5.97 Å². The van der Waals surface area contributed by atoms with Crippen molar-refractivity contribution in [2.45, 2.75) is 19.4 Å². The van der Waals surface area contributed by atoms with Crippen molar-refractivity contribution in [1.29, 1.82) is 0 Å². The molecule has 0 saturated heterocycles. The number of aromatic nitrogens is 1. The van der Waals surface area contributed by atoms with E-state index in [0.29, 0.717) is 0 Å². The van der Waals surface area contributed by atoms with E-state index in [1.54, 1.807) is 13.8 Å². The van der Waals surface area contributed by atoms with Crippen molar-refractivity contribution >= 4 is 22.6 Å². The first kappa shape index (κ1) is 12.5. The van der Waals surface area contributed by atoms with Crippen molar-refractivity contribution in [2.75, 3.05) is 12.4 Å². The summed E-state index contributed by atoms with van der Waals surface area (Å²) >= 11 is 0. The van der Waals surface area contributed by atoms with Crippen LogP contribution in [0.5, 0.6) is 0 Å². The maximum atomic E-state index is 11.7. The Hall–Kier alpha value is -1.97. The molecule has 1 aromatic heterocycles. The summed E-state index contributed by atoms with van der Waals surface area (Å²) in [6, 6.07) is 8.06. The number of benzene rings is 1. The fourth-order valence-electron chi connectivity index (χ4n) is 2.08. The Balaban J connectivity index is 2.41. The van der Waals surface area contributed by atoms with Gasteiger partial charge in [0.05, 0.1) is 12.8 Å². The Kier molecular flexibility index (Phi) is 3.03. The van der Waals surface area contributed by atoms with Crippen LogP contribution in [0, 0.1) is 0 Å². The van der Waals surface area contributed by atoms with Crippen LogP contribution in [0.4, 0.5) is 5.69 Å². The number of esters is 1. The fraction of sp³-hybridized carbons (Fsp3) is 0.357. The summed E-state index contributed by atoms with van der Waals surface area (Å²) in [5.74, 6) is -0.282. The van der Waals surface area contributed by atoms with Gasteiger partial charge in [-0.05, 0) is 19.9 Å². The molecule has 1 heterocycles. The summed E-state index contributed by atoms with van der Waals surface area (Å²) in [7, 11) is 3.38. The van der Waals surface area contributed by atoms with Gasteiger partial charge < -0.3 is 14.6 Å². The molecule has 0 bridgehead atoms. The van der Waals surface area contributed by atoms with Crippen LogP contribution < -0.4 is 5.32 Å². The van der Waals surface area contributed by atoms with Crippen LogP contribution in [0.25, 0.3) is 10.9 Å². The number of para-hydroxylation sites is 1. The van der Waals surface area contributed by atoms with E-state index < -0.39 is 5.54 Å². The first-order valence-electron chi connectivity index (χ1n) is 5.86. The van der Waals surface area contributed by atoms with Gasteiger partial charge in [-0.15, -0.1) is 0 Å². The predicted octanol–water partition coefficient (Wildman–Crippen LogP) is 2.54. The van der Waals surface area contributed by atoms with E-state index in [4.69, 9.17) is 4.74 Å². The highest BCUT2D eigenvalue weighted by Crippen LogP contribution is 2.27. The Morgan fingerprint density at radius 3 is 2.67 bits per heavy atom. The van der Waals surface area contributed by atoms with E-state index in [-0.39, 0.29) is 5.97 Å². The van der Waals surface area contributed by atoms with Crippen LogP contribution >= 0.6 is 0 Å². The van der Waals surface area contributed by atoms with Gasteiger partial charge in [-0.3, -0.25) is 0 Å². The molecular weight excluding hydrogens is 228 g/mol. The summed E-state index contributed by atoms with van der Waals surface area (Å²) in [4.78, 5) is 11.7. The molecule has 1 aromatic carbocycles. The summed E-state index contributed by atoms with van der Waals surface area (Å²) < 4.78 is 6.83. The fourth-order valence-corrected chi connectivity index (χ4v) is 2.08. The number of carbonyl (C=O) groups excluding carboxylic acids is 1. The van der Waals surface area contributed by atoms with Crippen molar-refractivity contribution < 1.29 is 9.53 Å². The Morgan fingerprint density at radius 1 is 1.33 bits per heavy atom. The number of hydrogen-bond acceptors (Lipinski definition) is 3. The summed E-state index contributed by atoms with van der Waals surface area (Å²) in [6.45, 7) is 3.61. The molecule has 1 N–H and O–H groups in total. The zero-order chi connectivity index (χ0) is 13.3. The molecule has 4 nitrogen and oxygen atoms in total. The molecule has 0 spiro atoms. The summed E-state index contributed by atoms with van der Waals surface area (Å²) in [6.07, 6.45) is 1.98. The lowest BCUT2D eigenvalue weighted by Gasteiger charge is -2.23. The number of ether oxygens (including phenoxy) is 1. The minimum Gasteiger partial charge on any atom is -0.467 e. The third-order valence-corrected chi connectivity index (χ3v) is 3.04. The lowest BCUT2D eigenvalue weighted by Crippen LogP contribution is -2.41. The highest BCUT2D eigenvalue weighted by atomic mass is 16.5. The second kappa shape index (κ2) is 4.37. The number of aryl methyl sites for hydroxylation is 1. The summed E-state index contributed by atoms with van der Waals surface area (Å²) in [5, 5.41) is 4.33. The molecule has 0 saturated carbocycles. The van der Waals surface area contributed by atoms with E-state index in [1.165, 1.54) is 7.11 Å². The minimum atomic E-state index is -0.751. The zero-order valence-corrected chi connectivity index (χ0v) is 11.2. The molecule has 0 atom stereocenters. The van der Waals surface area contributed by atoms with E-state index in [1.807, 2.05) is 42.1 Å². The monoisotopic (exact) mass is 246 g/mol. The van der Waals surface area contributed by atoms with Crippen LogP contribution in [0.1, 0.15) is 13.8 Å². The third kappa shape index (κ3) is 2.06. The van der Waals surface area contributed by atoms with Gasteiger partial charge in [0.2, 0.25) is 0 Å². The van der Waals surface area contributed by atoms with Crippen LogP contribution in [-0.2, 0) is 16.6 Å². The largest absolute Gasteiger partial charge is 0.467 e. The van der Waals surface area contributed by atoms with Crippen LogP contribution in [-0.4, -0.2) is 23.2 Å². The molecule has 2 rings (SSSR count). The van der Waals surface area contributed by atoms with E-state index in [9.17, 15) is 4.79 Å². The average Bonchev–Trinajstić information content (AvgIpc) is 2.65. The van der Waals surface area contributed by atoms with Gasteiger partial charge in [0.25, 0.3) is 0 Å². The SMILES string of the molecule is COC(=O)C(C)(C)Nc1cn(C)c2ccccc12. The molecule has 0 aliphatic carbocycles. The highest BCUT2D eigenvalue weighted by Gasteiger charge is 2.29. The molecule has 0 aliphatic heterocycles. The molecule has 0 unspecified atom stereocenters. The van der Waals surface area contributed by atoms with Gasteiger partial charge in [0, 0.05) is 24.1 Å². The number of hydrogen-bond donors (Lipinski definition) is 1. The molecule has 0 radical (unpaired) electrons. The standard InChI is InChI=1S/C14H18N2O2/c1-14(2,13(17)18-4)15-11-9-16(3)12-8-6-5-7-10(11)12/h5-9,15H,1-4H3. The number of nitrogens with zero attached hydrogens (tertiary/aromatic N) is 1. The van der Waals surface area contributed by atoms with E-state index in [0.717, 1.165) is 16.6 Å². The van der Waals surface area contributed by atoms with Gasteiger partial charge in [0.15, 0.2) is 0 Å². The first-order valence-corrected chi connectivity index (χ1v) is 5.86. The quantitative estimate of drug-likeness (QED) is 0.846. The van der Waals surface area contributed by atoms with Crippen molar-refractivity contribution in [1.82, 2.24) is 4.57 Å². The topological polar surface area (TPSA) is 43.3 Å². The van der Waals surface area contributed by atoms with Gasteiger partial charge in [-0.2, -0.15) is 0 Å².